The molecule has 1 rings (SSSR count). The van der Waals surface area contributed by atoms with Gasteiger partial charge in [-0.3, -0.25) is 0 Å². The van der Waals surface area contributed by atoms with Crippen molar-refractivity contribution in [1.82, 2.24) is 5.32 Å². The molecular formula is C11H14BrNO. The zero-order chi connectivity index (χ0) is 10.4. The Hall–Kier alpha value is -0.720. The minimum absolute atomic E-state index is 0.236. The van der Waals surface area contributed by atoms with E-state index in [0.29, 0.717) is 0 Å². The summed E-state index contributed by atoms with van der Waals surface area (Å²) in [6.07, 6.45) is 0.878. The number of nitrogens with one attached hydrogen (secondary N) is 1. The van der Waals surface area contributed by atoms with Crippen molar-refractivity contribution in [3.63, 3.8) is 0 Å². The normalized spacial score (nSPS) is 11.9. The molecule has 0 amide bonds. The minimum atomic E-state index is 0.236. The lowest BCUT2D eigenvalue weighted by Crippen LogP contribution is -2.18. The highest BCUT2D eigenvalue weighted by atomic mass is 79.9. The molecule has 0 aliphatic rings. The predicted octanol–water partition coefficient (Wildman–Crippen LogP) is 3.11. The summed E-state index contributed by atoms with van der Waals surface area (Å²) in [4.78, 5) is 0. The molecule has 0 radical (unpaired) electrons. The van der Waals surface area contributed by atoms with Crippen molar-refractivity contribution in [2.24, 2.45) is 0 Å². The van der Waals surface area contributed by atoms with Gasteiger partial charge in [0.25, 0.3) is 0 Å². The highest BCUT2D eigenvalue weighted by Gasteiger charge is 2.07. The zero-order valence-electron chi connectivity index (χ0n) is 8.43. The van der Waals surface area contributed by atoms with Crippen molar-refractivity contribution in [1.29, 1.82) is 0 Å². The Labute approximate surface area is 93.2 Å². The third-order valence-corrected chi connectivity index (χ3v) is 2.32. The fourth-order valence-electron chi connectivity index (χ4n) is 1.14. The number of furan rings is 1. The van der Waals surface area contributed by atoms with Crippen LogP contribution in [0.15, 0.2) is 21.2 Å². The van der Waals surface area contributed by atoms with Gasteiger partial charge in [0.05, 0.1) is 6.04 Å². The third kappa shape index (κ3) is 3.57. The average molecular weight is 256 g/mol. The van der Waals surface area contributed by atoms with E-state index in [-0.39, 0.29) is 6.04 Å². The molecule has 1 heterocycles. The van der Waals surface area contributed by atoms with Crippen LogP contribution in [0.4, 0.5) is 0 Å². The van der Waals surface area contributed by atoms with Crippen molar-refractivity contribution in [2.75, 3.05) is 6.54 Å². The molecule has 0 saturated carbocycles. The van der Waals surface area contributed by atoms with Crippen molar-refractivity contribution in [3.8, 4) is 11.8 Å². The molecule has 0 spiro atoms. The van der Waals surface area contributed by atoms with Crippen molar-refractivity contribution in [3.05, 3.63) is 22.6 Å². The summed E-state index contributed by atoms with van der Waals surface area (Å²) >= 11 is 3.28. The fraction of sp³-hybridized carbons (Fsp3) is 0.455. The maximum atomic E-state index is 5.42. The highest BCUT2D eigenvalue weighted by Crippen LogP contribution is 2.19. The number of hydrogen-bond acceptors (Lipinski definition) is 2. The van der Waals surface area contributed by atoms with Crippen LogP contribution in [0.1, 0.15) is 32.1 Å². The van der Waals surface area contributed by atoms with Crippen molar-refractivity contribution in [2.45, 2.75) is 26.3 Å². The van der Waals surface area contributed by atoms with Crippen LogP contribution >= 0.6 is 15.9 Å². The van der Waals surface area contributed by atoms with E-state index in [0.717, 1.165) is 23.4 Å². The molecular weight excluding hydrogens is 242 g/mol. The molecule has 3 heteroatoms. The molecule has 14 heavy (non-hydrogen) atoms. The monoisotopic (exact) mass is 255 g/mol. The van der Waals surface area contributed by atoms with Gasteiger partial charge in [-0.25, -0.2) is 0 Å². The molecule has 76 valence electrons. The predicted molar refractivity (Wildman–Crippen MR) is 60.9 cm³/mol. The van der Waals surface area contributed by atoms with E-state index in [2.05, 4.69) is 40.0 Å². The van der Waals surface area contributed by atoms with Gasteiger partial charge in [0.1, 0.15) is 5.76 Å². The summed E-state index contributed by atoms with van der Waals surface area (Å²) in [5, 5.41) is 3.33. The second kappa shape index (κ2) is 5.90. The summed E-state index contributed by atoms with van der Waals surface area (Å²) < 4.78 is 6.19. The van der Waals surface area contributed by atoms with Gasteiger partial charge >= 0.3 is 0 Å². The van der Waals surface area contributed by atoms with Gasteiger partial charge < -0.3 is 9.73 Å². The molecule has 0 fully saturated rings. The van der Waals surface area contributed by atoms with Crippen LogP contribution in [0.5, 0.6) is 0 Å². The van der Waals surface area contributed by atoms with E-state index in [1.54, 1.807) is 0 Å². The van der Waals surface area contributed by atoms with Crippen LogP contribution in [0.3, 0.4) is 0 Å². The highest BCUT2D eigenvalue weighted by molar-refractivity contribution is 9.10. The lowest BCUT2D eigenvalue weighted by molar-refractivity contribution is 0.421. The minimum Gasteiger partial charge on any atom is -0.453 e. The van der Waals surface area contributed by atoms with Crippen LogP contribution in [-0.4, -0.2) is 6.54 Å². The summed E-state index contributed by atoms with van der Waals surface area (Å²) in [5.74, 6) is 6.82. The molecule has 1 aromatic heterocycles. The Balaban J connectivity index is 2.34. The number of hydrogen-bond donors (Lipinski definition) is 1. The van der Waals surface area contributed by atoms with Gasteiger partial charge in [-0.05, 0) is 41.9 Å². The van der Waals surface area contributed by atoms with Crippen LogP contribution in [-0.2, 0) is 0 Å². The first kappa shape index (κ1) is 11.4. The zero-order valence-corrected chi connectivity index (χ0v) is 10.0. The van der Waals surface area contributed by atoms with Crippen molar-refractivity contribution < 1.29 is 4.42 Å². The van der Waals surface area contributed by atoms with Gasteiger partial charge in [0.2, 0.25) is 0 Å². The average Bonchev–Trinajstić information content (AvgIpc) is 2.59. The van der Waals surface area contributed by atoms with Crippen LogP contribution in [0, 0.1) is 11.8 Å². The van der Waals surface area contributed by atoms with E-state index < -0.39 is 0 Å². The van der Waals surface area contributed by atoms with Gasteiger partial charge in [0.15, 0.2) is 4.67 Å². The Morgan fingerprint density at radius 3 is 2.93 bits per heavy atom. The SMILES string of the molecule is CC#CCCNC(C)c1ccc(Br)o1. The third-order valence-electron chi connectivity index (χ3n) is 1.90. The summed E-state index contributed by atoms with van der Waals surface area (Å²) in [6.45, 7) is 4.82. The molecule has 1 N–H and O–H groups in total. The molecule has 0 bridgehead atoms. The molecule has 2 nitrogen and oxygen atoms in total. The maximum absolute atomic E-state index is 5.42. The first-order valence-corrected chi connectivity index (χ1v) is 5.41. The quantitative estimate of drug-likeness (QED) is 0.661. The van der Waals surface area contributed by atoms with Crippen LogP contribution < -0.4 is 5.32 Å². The number of rotatable bonds is 4. The summed E-state index contributed by atoms with van der Waals surface area (Å²) in [7, 11) is 0. The largest absolute Gasteiger partial charge is 0.453 e. The molecule has 1 aromatic rings. The second-order valence-electron chi connectivity index (χ2n) is 2.99. The molecule has 0 aliphatic heterocycles. The van der Waals surface area contributed by atoms with E-state index in [4.69, 9.17) is 4.42 Å². The van der Waals surface area contributed by atoms with Crippen LogP contribution in [0.25, 0.3) is 0 Å². The van der Waals surface area contributed by atoms with E-state index in [9.17, 15) is 0 Å². The van der Waals surface area contributed by atoms with E-state index >= 15 is 0 Å². The Morgan fingerprint density at radius 2 is 2.36 bits per heavy atom. The summed E-state index contributed by atoms with van der Waals surface area (Å²) in [5.41, 5.74) is 0. The molecule has 0 saturated heterocycles. The Morgan fingerprint density at radius 1 is 1.57 bits per heavy atom. The molecule has 1 atom stereocenters. The standard InChI is InChI=1S/C11H14BrNO/c1-3-4-5-8-13-9(2)10-6-7-11(12)14-10/h6-7,9,13H,5,8H2,1-2H3. The Bertz CT molecular complexity index is 335. The second-order valence-corrected chi connectivity index (χ2v) is 3.78. The van der Waals surface area contributed by atoms with Gasteiger partial charge in [0, 0.05) is 13.0 Å². The van der Waals surface area contributed by atoms with E-state index in [1.165, 1.54) is 0 Å². The first-order valence-electron chi connectivity index (χ1n) is 4.62. The molecule has 0 aromatic carbocycles. The van der Waals surface area contributed by atoms with Gasteiger partial charge in [-0.15, -0.1) is 11.8 Å². The maximum Gasteiger partial charge on any atom is 0.169 e. The lowest BCUT2D eigenvalue weighted by atomic mass is 10.2. The van der Waals surface area contributed by atoms with Crippen LogP contribution in [0.2, 0.25) is 0 Å². The lowest BCUT2D eigenvalue weighted by Gasteiger charge is -2.09. The van der Waals surface area contributed by atoms with Gasteiger partial charge in [-0.2, -0.15) is 0 Å². The van der Waals surface area contributed by atoms with E-state index in [1.807, 2.05) is 19.1 Å². The first-order chi connectivity index (χ1) is 6.74. The fourth-order valence-corrected chi connectivity index (χ4v) is 1.46. The summed E-state index contributed by atoms with van der Waals surface area (Å²) in [6, 6.07) is 4.10. The smallest absolute Gasteiger partial charge is 0.169 e. The number of halogens is 1. The van der Waals surface area contributed by atoms with Crippen molar-refractivity contribution >= 4 is 15.9 Å². The molecule has 1 unspecified atom stereocenters. The Kier molecular flexibility index (Phi) is 4.78. The topological polar surface area (TPSA) is 25.2 Å². The molecule has 0 aliphatic carbocycles. The van der Waals surface area contributed by atoms with Gasteiger partial charge in [-0.1, -0.05) is 0 Å².